The number of nitrogens with zero attached hydrogens (tertiary/aromatic N) is 1. The molecule has 2 aromatic rings. The number of carbonyl (C=O) groups is 2. The summed E-state index contributed by atoms with van der Waals surface area (Å²) in [7, 11) is 5.69. The third-order valence-corrected chi connectivity index (χ3v) is 2.95. The van der Waals surface area contributed by atoms with Gasteiger partial charge in [0.15, 0.2) is 5.69 Å². The van der Waals surface area contributed by atoms with Crippen LogP contribution in [0.1, 0.15) is 10.5 Å². The highest BCUT2D eigenvalue weighted by Gasteiger charge is 2.15. The molecule has 22 heavy (non-hydrogen) atoms. The summed E-state index contributed by atoms with van der Waals surface area (Å²) >= 11 is 5.91. The Bertz CT molecular complexity index is 731. The number of aliphatic carboxylic acids is 1. The lowest BCUT2D eigenvalue weighted by Crippen LogP contribution is -2.29. The molecule has 6 nitrogen and oxygen atoms in total. The highest BCUT2D eigenvalue weighted by Crippen LogP contribution is 2.25. The van der Waals surface area contributed by atoms with E-state index in [4.69, 9.17) is 24.6 Å². The summed E-state index contributed by atoms with van der Waals surface area (Å²) in [5.41, 5.74) is 1.33. The number of carboxylic acids is 1. The van der Waals surface area contributed by atoms with Crippen molar-refractivity contribution in [3.05, 3.63) is 41.2 Å². The van der Waals surface area contributed by atoms with Crippen molar-refractivity contribution < 1.29 is 19.8 Å². The number of pyridine rings is 1. The van der Waals surface area contributed by atoms with E-state index in [-0.39, 0.29) is 11.4 Å². The van der Waals surface area contributed by atoms with Gasteiger partial charge in [0.05, 0.1) is 0 Å². The third-order valence-electron chi connectivity index (χ3n) is 2.74. The lowest BCUT2D eigenvalue weighted by Gasteiger charge is -2.08. The summed E-state index contributed by atoms with van der Waals surface area (Å²) in [4.78, 5) is 25.9. The minimum Gasteiger partial charge on any atom is -0.505 e. The maximum absolute atomic E-state index is 11.7. The van der Waals surface area contributed by atoms with Crippen LogP contribution >= 0.6 is 11.6 Å². The van der Waals surface area contributed by atoms with Gasteiger partial charge in [0.25, 0.3) is 5.91 Å². The van der Waals surface area contributed by atoms with Crippen LogP contribution in [0.5, 0.6) is 5.75 Å². The van der Waals surface area contributed by atoms with Crippen LogP contribution in [0.25, 0.3) is 11.1 Å². The van der Waals surface area contributed by atoms with E-state index in [1.165, 1.54) is 12.3 Å². The van der Waals surface area contributed by atoms with Crippen LogP contribution in [0.15, 0.2) is 30.5 Å². The molecule has 1 aromatic heterocycles. The van der Waals surface area contributed by atoms with Gasteiger partial charge in [-0.05, 0) is 17.7 Å². The number of benzene rings is 1. The molecule has 0 fully saturated rings. The Morgan fingerprint density at radius 3 is 2.55 bits per heavy atom. The number of amides is 1. The van der Waals surface area contributed by atoms with Crippen molar-refractivity contribution in [1.82, 2.24) is 10.3 Å². The first-order valence-electron chi connectivity index (χ1n) is 6.12. The highest BCUT2D eigenvalue weighted by atomic mass is 35.5. The van der Waals surface area contributed by atoms with Crippen molar-refractivity contribution in [3.8, 4) is 16.9 Å². The van der Waals surface area contributed by atoms with Crippen LogP contribution in [0, 0.1) is 0 Å². The molecule has 0 saturated carbocycles. The highest BCUT2D eigenvalue weighted by molar-refractivity contribution is 6.36. The summed E-state index contributed by atoms with van der Waals surface area (Å²) in [5, 5.41) is 20.9. The summed E-state index contributed by atoms with van der Waals surface area (Å²) in [6.45, 7) is -0.563. The van der Waals surface area contributed by atoms with E-state index in [9.17, 15) is 14.7 Å². The lowest BCUT2D eigenvalue weighted by molar-refractivity contribution is -0.135. The molecule has 3 N–H and O–H groups in total. The third kappa shape index (κ3) is 3.76. The number of halogens is 1. The zero-order valence-corrected chi connectivity index (χ0v) is 12.0. The van der Waals surface area contributed by atoms with E-state index < -0.39 is 18.4 Å². The Kier molecular flexibility index (Phi) is 4.67. The minimum absolute atomic E-state index is 0.264. The molecule has 0 aliphatic heterocycles. The van der Waals surface area contributed by atoms with Gasteiger partial charge in [-0.25, -0.2) is 4.98 Å². The number of carboxylic acid groups (broad SMARTS) is 1. The number of nitrogens with one attached hydrogen (secondary N) is 1. The average molecular weight is 317 g/mol. The molecule has 2 rings (SSSR count). The van der Waals surface area contributed by atoms with E-state index in [2.05, 4.69) is 10.3 Å². The fourth-order valence-electron chi connectivity index (χ4n) is 1.80. The first kappa shape index (κ1) is 15.8. The van der Waals surface area contributed by atoms with Crippen LogP contribution in [0.2, 0.25) is 5.02 Å². The minimum atomic E-state index is -1.20. The van der Waals surface area contributed by atoms with Crippen LogP contribution in [0.3, 0.4) is 0 Å². The van der Waals surface area contributed by atoms with Gasteiger partial charge in [-0.1, -0.05) is 29.2 Å². The zero-order valence-electron chi connectivity index (χ0n) is 11.2. The lowest BCUT2D eigenvalue weighted by atomic mass is 9.92. The topological polar surface area (TPSA) is 99.5 Å². The van der Waals surface area contributed by atoms with Crippen molar-refractivity contribution in [2.75, 3.05) is 6.54 Å². The van der Waals surface area contributed by atoms with Gasteiger partial charge in [0, 0.05) is 16.8 Å². The summed E-state index contributed by atoms with van der Waals surface area (Å²) in [5.74, 6) is -2.35. The molecule has 0 atom stereocenters. The van der Waals surface area contributed by atoms with Crippen LogP contribution in [-0.4, -0.2) is 41.5 Å². The van der Waals surface area contributed by atoms with Crippen molar-refractivity contribution in [2.24, 2.45) is 0 Å². The molecule has 0 aliphatic carbocycles. The van der Waals surface area contributed by atoms with Crippen LogP contribution in [0.4, 0.5) is 0 Å². The summed E-state index contributed by atoms with van der Waals surface area (Å²) < 4.78 is 0. The second kappa shape index (κ2) is 6.49. The monoisotopic (exact) mass is 316 g/mol. The van der Waals surface area contributed by atoms with E-state index in [0.29, 0.717) is 21.6 Å². The quantitative estimate of drug-likeness (QED) is 0.722. The maximum atomic E-state index is 11.7. The predicted molar refractivity (Wildman–Crippen MR) is 81.7 cm³/mol. The predicted octanol–water partition coefficient (Wildman–Crippen LogP) is 0.716. The number of hydrogen-bond donors (Lipinski definition) is 3. The first-order chi connectivity index (χ1) is 10.4. The standard InChI is InChI=1S/C14H10BClN2O4/c15-9-1-7(2-10(16)4-9)8-3-11(19)13(17-5-8)14(22)18-6-12(20)21/h1-5,19H,6H2,(H,18,22)(H,20,21). The van der Waals surface area contributed by atoms with Gasteiger partial charge in [0.2, 0.25) is 0 Å². The Morgan fingerprint density at radius 1 is 1.23 bits per heavy atom. The van der Waals surface area contributed by atoms with Crippen molar-refractivity contribution in [3.63, 3.8) is 0 Å². The van der Waals surface area contributed by atoms with E-state index in [1.807, 2.05) is 0 Å². The molecule has 1 aromatic carbocycles. The molecule has 2 radical (unpaired) electrons. The fraction of sp³-hybridized carbons (Fsp3) is 0.0714. The molecule has 0 aliphatic rings. The average Bonchev–Trinajstić information content (AvgIpc) is 2.43. The van der Waals surface area contributed by atoms with Gasteiger partial charge < -0.3 is 15.5 Å². The summed E-state index contributed by atoms with van der Waals surface area (Å²) in [6, 6.07) is 6.19. The molecule has 0 spiro atoms. The number of rotatable bonds is 4. The molecule has 1 amide bonds. The van der Waals surface area contributed by atoms with Gasteiger partial charge in [-0.2, -0.15) is 0 Å². The van der Waals surface area contributed by atoms with Gasteiger partial charge in [0.1, 0.15) is 20.1 Å². The largest absolute Gasteiger partial charge is 0.505 e. The number of aromatic hydroxyl groups is 1. The molecule has 8 heteroatoms. The number of aromatic nitrogens is 1. The molecular weight excluding hydrogens is 306 g/mol. The second-order valence-corrected chi connectivity index (χ2v) is 4.88. The first-order valence-corrected chi connectivity index (χ1v) is 6.50. The molecular formula is C14H10BClN2O4. The Hall–Kier alpha value is -2.54. The van der Waals surface area contributed by atoms with Crippen molar-refractivity contribution in [2.45, 2.75) is 0 Å². The van der Waals surface area contributed by atoms with Crippen molar-refractivity contribution in [1.29, 1.82) is 0 Å². The molecule has 0 bridgehead atoms. The normalized spacial score (nSPS) is 10.2. The molecule has 1 heterocycles. The van der Waals surface area contributed by atoms with Gasteiger partial charge in [-0.15, -0.1) is 0 Å². The molecule has 0 saturated heterocycles. The van der Waals surface area contributed by atoms with E-state index >= 15 is 0 Å². The number of hydrogen-bond acceptors (Lipinski definition) is 4. The van der Waals surface area contributed by atoms with Crippen molar-refractivity contribution >= 4 is 36.8 Å². The van der Waals surface area contributed by atoms with Crippen LogP contribution < -0.4 is 10.8 Å². The van der Waals surface area contributed by atoms with E-state index in [1.54, 1.807) is 18.2 Å². The van der Waals surface area contributed by atoms with E-state index in [0.717, 1.165) is 0 Å². The smallest absolute Gasteiger partial charge is 0.322 e. The summed E-state index contributed by atoms with van der Waals surface area (Å²) in [6.07, 6.45) is 1.36. The van der Waals surface area contributed by atoms with Gasteiger partial charge >= 0.3 is 5.97 Å². The van der Waals surface area contributed by atoms with Crippen LogP contribution in [-0.2, 0) is 4.79 Å². The number of carbonyl (C=O) groups excluding carboxylic acids is 1. The zero-order chi connectivity index (χ0) is 16.3. The Balaban J connectivity index is 2.29. The SMILES string of the molecule is [B]c1cc(Cl)cc(-c2cnc(C(=O)NCC(=O)O)c(O)c2)c1. The fourth-order valence-corrected chi connectivity index (χ4v) is 2.05. The molecule has 110 valence electrons. The molecule has 0 unspecified atom stereocenters. The Labute approximate surface area is 132 Å². The Morgan fingerprint density at radius 2 is 1.95 bits per heavy atom. The maximum Gasteiger partial charge on any atom is 0.322 e. The second-order valence-electron chi connectivity index (χ2n) is 4.44. The van der Waals surface area contributed by atoms with Gasteiger partial charge in [-0.3, -0.25) is 9.59 Å².